The predicted octanol–water partition coefficient (Wildman–Crippen LogP) is 4.56. The zero-order chi connectivity index (χ0) is 19.5. The summed E-state index contributed by atoms with van der Waals surface area (Å²) >= 11 is 0. The number of aromatic amines is 1. The van der Waals surface area contributed by atoms with Crippen molar-refractivity contribution >= 4 is 28.6 Å². The number of carboxylic acids is 1. The van der Waals surface area contributed by atoms with E-state index in [0.29, 0.717) is 11.7 Å². The van der Waals surface area contributed by atoms with Crippen molar-refractivity contribution in [1.29, 1.82) is 0 Å². The molecule has 1 unspecified atom stereocenters. The molecule has 1 fully saturated rings. The molecule has 0 radical (unpaired) electrons. The van der Waals surface area contributed by atoms with Crippen molar-refractivity contribution in [1.82, 2.24) is 9.97 Å². The number of hydrogen-bond acceptors (Lipinski definition) is 3. The SMILES string of the molecule is O=C(O)c1ccc(NC(=O)C(CC2CCCC2)c2c[nH]c3ccccc23)nc1. The van der Waals surface area contributed by atoms with Gasteiger partial charge in [0.1, 0.15) is 5.82 Å². The van der Waals surface area contributed by atoms with Gasteiger partial charge in [0.15, 0.2) is 0 Å². The summed E-state index contributed by atoms with van der Waals surface area (Å²) in [4.78, 5) is 31.5. The van der Waals surface area contributed by atoms with Gasteiger partial charge in [-0.05, 0) is 36.1 Å². The maximum atomic E-state index is 13.2. The monoisotopic (exact) mass is 377 g/mol. The predicted molar refractivity (Wildman–Crippen MR) is 107 cm³/mol. The number of rotatable bonds is 6. The average molecular weight is 377 g/mol. The van der Waals surface area contributed by atoms with Gasteiger partial charge in [-0.1, -0.05) is 43.9 Å². The molecule has 0 spiro atoms. The Hall–Kier alpha value is -3.15. The van der Waals surface area contributed by atoms with Crippen molar-refractivity contribution in [3.63, 3.8) is 0 Å². The van der Waals surface area contributed by atoms with E-state index in [1.165, 1.54) is 31.2 Å². The Labute approximate surface area is 163 Å². The number of H-pyrrole nitrogens is 1. The summed E-state index contributed by atoms with van der Waals surface area (Å²) < 4.78 is 0. The van der Waals surface area contributed by atoms with Crippen LogP contribution in [-0.4, -0.2) is 27.0 Å². The van der Waals surface area contributed by atoms with Crippen LogP contribution in [0.25, 0.3) is 10.9 Å². The van der Waals surface area contributed by atoms with E-state index in [1.54, 1.807) is 0 Å². The lowest BCUT2D eigenvalue weighted by Gasteiger charge is -2.20. The molecule has 1 aromatic carbocycles. The van der Waals surface area contributed by atoms with E-state index in [0.717, 1.165) is 35.7 Å². The highest BCUT2D eigenvalue weighted by Gasteiger charge is 2.28. The fourth-order valence-corrected chi connectivity index (χ4v) is 4.14. The fourth-order valence-electron chi connectivity index (χ4n) is 4.14. The number of pyridine rings is 1. The van der Waals surface area contributed by atoms with Crippen LogP contribution in [0.1, 0.15) is 53.9 Å². The van der Waals surface area contributed by atoms with Crippen molar-refractivity contribution in [2.24, 2.45) is 5.92 Å². The van der Waals surface area contributed by atoms with Gasteiger partial charge >= 0.3 is 5.97 Å². The van der Waals surface area contributed by atoms with E-state index >= 15 is 0 Å². The lowest BCUT2D eigenvalue weighted by molar-refractivity contribution is -0.118. The number of aromatic carboxylic acids is 1. The Bertz CT molecular complexity index is 988. The number of carbonyl (C=O) groups is 2. The van der Waals surface area contributed by atoms with E-state index in [-0.39, 0.29) is 17.4 Å². The molecule has 1 aliphatic carbocycles. The number of nitrogens with one attached hydrogen (secondary N) is 2. The van der Waals surface area contributed by atoms with Crippen LogP contribution < -0.4 is 5.32 Å². The first-order valence-corrected chi connectivity index (χ1v) is 9.68. The first-order chi connectivity index (χ1) is 13.6. The third-order valence-corrected chi connectivity index (χ3v) is 5.62. The second-order valence-electron chi connectivity index (χ2n) is 7.45. The van der Waals surface area contributed by atoms with Crippen LogP contribution in [-0.2, 0) is 4.79 Å². The Morgan fingerprint density at radius 2 is 1.96 bits per heavy atom. The van der Waals surface area contributed by atoms with Gasteiger partial charge in [0, 0.05) is 23.3 Å². The second kappa shape index (κ2) is 7.84. The quantitative estimate of drug-likeness (QED) is 0.587. The molecule has 144 valence electrons. The summed E-state index contributed by atoms with van der Waals surface area (Å²) in [7, 11) is 0. The Balaban J connectivity index is 1.60. The van der Waals surface area contributed by atoms with Crippen molar-refractivity contribution in [3.05, 3.63) is 59.9 Å². The molecule has 0 saturated heterocycles. The Kier molecular flexibility index (Phi) is 5.10. The average Bonchev–Trinajstić information content (AvgIpc) is 3.36. The third-order valence-electron chi connectivity index (χ3n) is 5.62. The topological polar surface area (TPSA) is 95.1 Å². The van der Waals surface area contributed by atoms with Crippen LogP contribution in [0.2, 0.25) is 0 Å². The largest absolute Gasteiger partial charge is 0.478 e. The molecule has 1 amide bonds. The second-order valence-corrected chi connectivity index (χ2v) is 7.45. The summed E-state index contributed by atoms with van der Waals surface area (Å²) in [6.07, 6.45) is 8.78. The van der Waals surface area contributed by atoms with Crippen LogP contribution in [0, 0.1) is 5.92 Å². The number of fused-ring (bicyclic) bond motifs is 1. The van der Waals surface area contributed by atoms with Gasteiger partial charge in [0.05, 0.1) is 11.5 Å². The number of amides is 1. The summed E-state index contributed by atoms with van der Waals surface area (Å²) in [6.45, 7) is 0. The van der Waals surface area contributed by atoms with Gasteiger partial charge in [-0.3, -0.25) is 4.79 Å². The fraction of sp³-hybridized carbons (Fsp3) is 0.318. The molecule has 4 rings (SSSR count). The highest BCUT2D eigenvalue weighted by molar-refractivity contribution is 5.99. The third kappa shape index (κ3) is 3.76. The van der Waals surface area contributed by atoms with Crippen molar-refractivity contribution < 1.29 is 14.7 Å². The highest BCUT2D eigenvalue weighted by Crippen LogP contribution is 2.37. The van der Waals surface area contributed by atoms with Crippen LogP contribution in [0.3, 0.4) is 0 Å². The van der Waals surface area contributed by atoms with Crippen LogP contribution >= 0.6 is 0 Å². The number of para-hydroxylation sites is 1. The number of benzene rings is 1. The van der Waals surface area contributed by atoms with Gasteiger partial charge in [0.25, 0.3) is 0 Å². The smallest absolute Gasteiger partial charge is 0.337 e. The van der Waals surface area contributed by atoms with Gasteiger partial charge in [-0.15, -0.1) is 0 Å². The minimum Gasteiger partial charge on any atom is -0.478 e. The van der Waals surface area contributed by atoms with E-state index in [1.807, 2.05) is 30.5 Å². The molecule has 0 aliphatic heterocycles. The van der Waals surface area contributed by atoms with Gasteiger partial charge in [-0.2, -0.15) is 0 Å². The molecule has 2 aromatic heterocycles. The molecule has 1 saturated carbocycles. The molecule has 1 atom stereocenters. The van der Waals surface area contributed by atoms with E-state index in [2.05, 4.69) is 15.3 Å². The number of nitrogens with zero attached hydrogens (tertiary/aromatic N) is 1. The number of hydrogen-bond donors (Lipinski definition) is 3. The number of carbonyl (C=O) groups excluding carboxylic acids is 1. The van der Waals surface area contributed by atoms with Crippen LogP contribution in [0.4, 0.5) is 5.82 Å². The first kappa shape index (κ1) is 18.2. The summed E-state index contributed by atoms with van der Waals surface area (Å²) in [5.41, 5.74) is 2.12. The van der Waals surface area contributed by atoms with Crippen molar-refractivity contribution in [2.45, 2.75) is 38.0 Å². The highest BCUT2D eigenvalue weighted by atomic mass is 16.4. The standard InChI is InChI=1S/C22H23N3O3/c26-21(25-20-10-9-15(12-24-20)22(27)28)17(11-14-5-1-2-6-14)18-13-23-19-8-4-3-7-16(18)19/h3-4,7-10,12-14,17,23H,1-2,5-6,11H2,(H,27,28)(H,24,25,26). The Morgan fingerprint density at radius 1 is 1.18 bits per heavy atom. The van der Waals surface area contributed by atoms with Gasteiger partial charge < -0.3 is 15.4 Å². The zero-order valence-corrected chi connectivity index (χ0v) is 15.5. The molecule has 0 bridgehead atoms. The molecule has 2 heterocycles. The molecule has 3 N–H and O–H groups in total. The molecule has 1 aliphatic rings. The Morgan fingerprint density at radius 3 is 2.68 bits per heavy atom. The van der Waals surface area contributed by atoms with Crippen molar-refractivity contribution in [2.75, 3.05) is 5.32 Å². The minimum atomic E-state index is -1.04. The first-order valence-electron chi connectivity index (χ1n) is 9.68. The normalized spacial score (nSPS) is 15.6. The molecule has 6 heteroatoms. The number of aromatic nitrogens is 2. The zero-order valence-electron chi connectivity index (χ0n) is 15.5. The lowest BCUT2D eigenvalue weighted by Crippen LogP contribution is -2.23. The maximum absolute atomic E-state index is 13.2. The van der Waals surface area contributed by atoms with Gasteiger partial charge in [0.2, 0.25) is 5.91 Å². The number of anilines is 1. The summed E-state index contributed by atoms with van der Waals surface area (Å²) in [5, 5.41) is 12.9. The van der Waals surface area contributed by atoms with Crippen LogP contribution in [0.5, 0.6) is 0 Å². The van der Waals surface area contributed by atoms with Gasteiger partial charge in [-0.25, -0.2) is 9.78 Å². The lowest BCUT2D eigenvalue weighted by atomic mass is 9.87. The minimum absolute atomic E-state index is 0.0946. The summed E-state index contributed by atoms with van der Waals surface area (Å²) in [5.74, 6) is -0.506. The van der Waals surface area contributed by atoms with Crippen LogP contribution in [0.15, 0.2) is 48.8 Å². The molecular formula is C22H23N3O3. The van der Waals surface area contributed by atoms with E-state index < -0.39 is 5.97 Å². The number of carboxylic acid groups (broad SMARTS) is 1. The molecule has 6 nitrogen and oxygen atoms in total. The molecule has 28 heavy (non-hydrogen) atoms. The molecular weight excluding hydrogens is 354 g/mol. The van der Waals surface area contributed by atoms with Crippen molar-refractivity contribution in [3.8, 4) is 0 Å². The summed E-state index contributed by atoms with van der Waals surface area (Å²) in [6, 6.07) is 11.0. The molecule has 3 aromatic rings. The van der Waals surface area contributed by atoms with E-state index in [9.17, 15) is 9.59 Å². The van der Waals surface area contributed by atoms with E-state index in [4.69, 9.17) is 5.11 Å². The maximum Gasteiger partial charge on any atom is 0.337 e.